The fourth-order valence-electron chi connectivity index (χ4n) is 1.56. The maximum atomic E-state index is 11.0. The molecule has 0 aliphatic heterocycles. The van der Waals surface area contributed by atoms with Gasteiger partial charge in [-0.05, 0) is 12.5 Å². The molecule has 0 bridgehead atoms. The van der Waals surface area contributed by atoms with Crippen molar-refractivity contribution in [1.82, 2.24) is 0 Å². The van der Waals surface area contributed by atoms with Gasteiger partial charge in [0.15, 0.2) is 11.5 Å². The van der Waals surface area contributed by atoms with Gasteiger partial charge in [0, 0.05) is 6.04 Å². The Morgan fingerprint density at radius 3 is 2.22 bits per heavy atom. The van der Waals surface area contributed by atoms with Gasteiger partial charge in [-0.3, -0.25) is 10.1 Å². The largest absolute Gasteiger partial charge is 0.493 e. The Labute approximate surface area is 112 Å². The highest BCUT2D eigenvalue weighted by Gasteiger charge is 2.22. The van der Waals surface area contributed by atoms with Crippen LogP contribution in [0.15, 0.2) is 12.1 Å². The molecule has 102 valence electrons. The first kappa shape index (κ1) is 16.5. The lowest BCUT2D eigenvalue weighted by molar-refractivity contribution is -0.385. The van der Waals surface area contributed by atoms with Gasteiger partial charge in [0.1, 0.15) is 0 Å². The van der Waals surface area contributed by atoms with Gasteiger partial charge in [0.25, 0.3) is 5.69 Å². The first-order valence-corrected chi connectivity index (χ1v) is 5.21. The predicted molar refractivity (Wildman–Crippen MR) is 70.7 cm³/mol. The van der Waals surface area contributed by atoms with Crippen LogP contribution in [0.4, 0.5) is 5.69 Å². The summed E-state index contributed by atoms with van der Waals surface area (Å²) in [6.07, 6.45) is 0.607. The van der Waals surface area contributed by atoms with E-state index in [0.717, 1.165) is 0 Å². The van der Waals surface area contributed by atoms with Crippen molar-refractivity contribution >= 4 is 18.1 Å². The van der Waals surface area contributed by atoms with Crippen LogP contribution in [-0.2, 0) is 0 Å². The Bertz CT molecular complexity index is 426. The third-order valence-corrected chi connectivity index (χ3v) is 2.57. The fraction of sp³-hybridized carbons (Fsp3) is 0.455. The Kier molecular flexibility index (Phi) is 6.43. The molecule has 0 fully saturated rings. The number of nitro benzene ring substituents is 1. The molecule has 0 aromatic heterocycles. The van der Waals surface area contributed by atoms with E-state index in [9.17, 15) is 10.1 Å². The summed E-state index contributed by atoms with van der Waals surface area (Å²) in [4.78, 5) is 10.5. The van der Waals surface area contributed by atoms with Crippen LogP contribution < -0.4 is 15.2 Å². The average Bonchev–Trinajstić information content (AvgIpc) is 2.35. The van der Waals surface area contributed by atoms with Crippen LogP contribution in [0.2, 0.25) is 0 Å². The number of halogens is 1. The SMILES string of the molecule is CC[C@H](N)c1cc(OC)c(OC)cc1[N+](=O)[O-].Cl. The first-order chi connectivity index (χ1) is 8.04. The molecule has 0 spiro atoms. The smallest absolute Gasteiger partial charge is 0.278 e. The minimum absolute atomic E-state index is 0. The van der Waals surface area contributed by atoms with Crippen molar-refractivity contribution in [3.8, 4) is 11.5 Å². The zero-order chi connectivity index (χ0) is 13.0. The summed E-state index contributed by atoms with van der Waals surface area (Å²) in [7, 11) is 2.91. The molecule has 1 aromatic carbocycles. The van der Waals surface area contributed by atoms with E-state index >= 15 is 0 Å². The summed E-state index contributed by atoms with van der Waals surface area (Å²) >= 11 is 0. The first-order valence-electron chi connectivity index (χ1n) is 5.21. The highest BCUT2D eigenvalue weighted by Crippen LogP contribution is 2.37. The number of nitrogens with zero attached hydrogens (tertiary/aromatic N) is 1. The van der Waals surface area contributed by atoms with Crippen molar-refractivity contribution in [3.63, 3.8) is 0 Å². The van der Waals surface area contributed by atoms with E-state index in [1.165, 1.54) is 20.3 Å². The number of methoxy groups -OCH3 is 2. The van der Waals surface area contributed by atoms with Crippen LogP contribution in [-0.4, -0.2) is 19.1 Å². The topological polar surface area (TPSA) is 87.6 Å². The van der Waals surface area contributed by atoms with Gasteiger partial charge < -0.3 is 15.2 Å². The number of nitrogens with two attached hydrogens (primary N) is 1. The molecule has 7 heteroatoms. The molecule has 18 heavy (non-hydrogen) atoms. The van der Waals surface area contributed by atoms with E-state index in [4.69, 9.17) is 15.2 Å². The summed E-state index contributed by atoms with van der Waals surface area (Å²) < 4.78 is 10.1. The lowest BCUT2D eigenvalue weighted by Gasteiger charge is -2.13. The Balaban J connectivity index is 0.00000289. The second-order valence-electron chi connectivity index (χ2n) is 3.54. The van der Waals surface area contributed by atoms with Gasteiger partial charge in [-0.15, -0.1) is 12.4 Å². The van der Waals surface area contributed by atoms with Gasteiger partial charge >= 0.3 is 0 Å². The number of ether oxygens (including phenoxy) is 2. The van der Waals surface area contributed by atoms with Gasteiger partial charge in [0.2, 0.25) is 0 Å². The number of rotatable bonds is 5. The Morgan fingerprint density at radius 1 is 1.33 bits per heavy atom. The van der Waals surface area contributed by atoms with Crippen molar-refractivity contribution in [3.05, 3.63) is 27.8 Å². The fourth-order valence-corrected chi connectivity index (χ4v) is 1.56. The monoisotopic (exact) mass is 276 g/mol. The zero-order valence-electron chi connectivity index (χ0n) is 10.5. The summed E-state index contributed by atoms with van der Waals surface area (Å²) in [5, 5.41) is 11.0. The highest BCUT2D eigenvalue weighted by molar-refractivity contribution is 5.85. The second-order valence-corrected chi connectivity index (χ2v) is 3.54. The normalized spacial score (nSPS) is 11.3. The molecular weight excluding hydrogens is 260 g/mol. The van der Waals surface area contributed by atoms with Crippen molar-refractivity contribution in [2.24, 2.45) is 5.73 Å². The zero-order valence-corrected chi connectivity index (χ0v) is 11.3. The minimum Gasteiger partial charge on any atom is -0.493 e. The van der Waals surface area contributed by atoms with Crippen molar-refractivity contribution in [2.75, 3.05) is 14.2 Å². The molecular formula is C11H17ClN2O4. The summed E-state index contributed by atoms with van der Waals surface area (Å²) in [5.74, 6) is 0.767. The van der Waals surface area contributed by atoms with Gasteiger partial charge in [-0.1, -0.05) is 6.92 Å². The molecule has 1 atom stereocenters. The van der Waals surface area contributed by atoms with Gasteiger partial charge in [-0.25, -0.2) is 0 Å². The summed E-state index contributed by atoms with van der Waals surface area (Å²) in [5.41, 5.74) is 6.26. The number of hydrogen-bond acceptors (Lipinski definition) is 5. The van der Waals surface area contributed by atoms with Crippen LogP contribution >= 0.6 is 12.4 Å². The number of nitro groups is 1. The van der Waals surface area contributed by atoms with Crippen LogP contribution in [0.5, 0.6) is 11.5 Å². The second kappa shape index (κ2) is 7.03. The molecule has 0 unspecified atom stereocenters. The van der Waals surface area contributed by atoms with Gasteiger partial charge in [0.05, 0.1) is 30.8 Å². The van der Waals surface area contributed by atoms with E-state index in [-0.39, 0.29) is 18.1 Å². The lowest BCUT2D eigenvalue weighted by Crippen LogP contribution is -2.11. The minimum atomic E-state index is -0.465. The molecule has 0 radical (unpaired) electrons. The van der Waals surface area contributed by atoms with Crippen molar-refractivity contribution < 1.29 is 14.4 Å². The van der Waals surface area contributed by atoms with Crippen molar-refractivity contribution in [2.45, 2.75) is 19.4 Å². The van der Waals surface area contributed by atoms with Crippen LogP contribution in [0.3, 0.4) is 0 Å². The van der Waals surface area contributed by atoms with E-state index in [1.54, 1.807) is 6.07 Å². The molecule has 6 nitrogen and oxygen atoms in total. The van der Waals surface area contributed by atoms with Crippen molar-refractivity contribution in [1.29, 1.82) is 0 Å². The summed E-state index contributed by atoms with van der Waals surface area (Å²) in [6, 6.07) is 2.50. The third kappa shape index (κ3) is 3.24. The maximum Gasteiger partial charge on any atom is 0.278 e. The number of benzene rings is 1. The molecule has 0 saturated heterocycles. The van der Waals surface area contributed by atoms with E-state index in [0.29, 0.717) is 23.5 Å². The lowest BCUT2D eigenvalue weighted by atomic mass is 10.0. The molecule has 1 rings (SSSR count). The molecule has 1 aromatic rings. The Morgan fingerprint density at radius 2 is 1.83 bits per heavy atom. The molecule has 2 N–H and O–H groups in total. The number of hydrogen-bond donors (Lipinski definition) is 1. The maximum absolute atomic E-state index is 11.0. The highest BCUT2D eigenvalue weighted by atomic mass is 35.5. The van der Waals surface area contributed by atoms with E-state index in [1.807, 2.05) is 6.92 Å². The molecule has 0 saturated carbocycles. The van der Waals surface area contributed by atoms with Gasteiger partial charge in [-0.2, -0.15) is 0 Å². The standard InChI is InChI=1S/C11H16N2O4.ClH/c1-4-8(12)7-5-10(16-2)11(17-3)6-9(7)13(14)15;/h5-6,8H,4,12H2,1-3H3;1H/t8-;/m0./s1. The van der Waals surface area contributed by atoms with E-state index in [2.05, 4.69) is 0 Å². The average molecular weight is 277 g/mol. The van der Waals surface area contributed by atoms with Crippen LogP contribution in [0, 0.1) is 10.1 Å². The Hall–Kier alpha value is -1.53. The quantitative estimate of drug-likeness (QED) is 0.659. The van der Waals surface area contributed by atoms with Crippen LogP contribution in [0.1, 0.15) is 24.9 Å². The molecule has 0 amide bonds. The predicted octanol–water partition coefficient (Wildman–Crippen LogP) is 2.44. The van der Waals surface area contributed by atoms with E-state index < -0.39 is 11.0 Å². The summed E-state index contributed by atoms with van der Waals surface area (Å²) in [6.45, 7) is 1.87. The molecule has 0 aliphatic carbocycles. The third-order valence-electron chi connectivity index (χ3n) is 2.57. The molecule has 0 heterocycles. The van der Waals surface area contributed by atoms with Crippen LogP contribution in [0.25, 0.3) is 0 Å². The molecule has 0 aliphatic rings.